The van der Waals surface area contributed by atoms with Crippen molar-refractivity contribution in [1.82, 2.24) is 10.3 Å². The molecule has 2 atom stereocenters. The van der Waals surface area contributed by atoms with Crippen molar-refractivity contribution in [3.05, 3.63) is 24.0 Å². The molecule has 0 aromatic carbocycles. The van der Waals surface area contributed by atoms with E-state index in [2.05, 4.69) is 41.2 Å². The third-order valence-electron chi connectivity index (χ3n) is 3.25. The average molecular weight is 235 g/mol. The number of β-amino-alcohol motifs (C(OH)–C–C–N with tert-alkyl or cyclic N) is 1. The summed E-state index contributed by atoms with van der Waals surface area (Å²) in [7, 11) is 0. The lowest BCUT2D eigenvalue weighted by atomic mass is 10.2. The highest BCUT2D eigenvalue weighted by Gasteiger charge is 2.20. The van der Waals surface area contributed by atoms with Gasteiger partial charge in [-0.05, 0) is 32.0 Å². The Morgan fingerprint density at radius 1 is 1.59 bits per heavy atom. The maximum absolute atomic E-state index is 9.50. The normalized spacial score (nSPS) is 21.8. The van der Waals surface area contributed by atoms with Gasteiger partial charge in [-0.25, -0.2) is 0 Å². The zero-order valence-corrected chi connectivity index (χ0v) is 10.6. The molecule has 2 unspecified atom stereocenters. The average Bonchev–Trinajstić information content (AvgIpc) is 2.76. The smallest absolute Gasteiger partial charge is 0.0731 e. The molecular weight excluding hydrogens is 214 g/mol. The predicted molar refractivity (Wildman–Crippen MR) is 69.2 cm³/mol. The molecule has 4 nitrogen and oxygen atoms in total. The molecule has 17 heavy (non-hydrogen) atoms. The zero-order chi connectivity index (χ0) is 12.3. The second-order valence-electron chi connectivity index (χ2n) is 4.61. The molecule has 0 bridgehead atoms. The van der Waals surface area contributed by atoms with Gasteiger partial charge in [0.15, 0.2) is 0 Å². The molecule has 0 aliphatic carbocycles. The molecule has 2 heterocycles. The Morgan fingerprint density at radius 2 is 2.41 bits per heavy atom. The predicted octanol–water partition coefficient (Wildman–Crippen LogP) is 1.32. The highest BCUT2D eigenvalue weighted by molar-refractivity contribution is 5.46. The molecule has 0 saturated carbocycles. The highest BCUT2D eigenvalue weighted by Crippen LogP contribution is 2.20. The number of hydrogen-bond donors (Lipinski definition) is 2. The van der Waals surface area contributed by atoms with Crippen LogP contribution in [-0.2, 0) is 0 Å². The summed E-state index contributed by atoms with van der Waals surface area (Å²) in [6.07, 6.45) is 2.58. The first-order valence-corrected chi connectivity index (χ1v) is 6.33. The number of nitrogens with one attached hydrogen (secondary N) is 1. The molecule has 4 heteroatoms. The minimum atomic E-state index is -0.185. The van der Waals surface area contributed by atoms with Gasteiger partial charge in [0.25, 0.3) is 0 Å². The van der Waals surface area contributed by atoms with Gasteiger partial charge in [0.1, 0.15) is 0 Å². The van der Waals surface area contributed by atoms with Crippen molar-refractivity contribution in [1.29, 1.82) is 0 Å². The van der Waals surface area contributed by atoms with Crippen LogP contribution in [0.3, 0.4) is 0 Å². The van der Waals surface area contributed by atoms with Gasteiger partial charge >= 0.3 is 0 Å². The molecule has 1 aromatic heterocycles. The van der Waals surface area contributed by atoms with Gasteiger partial charge in [-0.2, -0.15) is 0 Å². The van der Waals surface area contributed by atoms with Crippen LogP contribution in [0, 0.1) is 0 Å². The molecule has 0 radical (unpaired) electrons. The lowest BCUT2D eigenvalue weighted by Gasteiger charge is -2.18. The molecule has 1 saturated heterocycles. The van der Waals surface area contributed by atoms with E-state index in [0.717, 1.165) is 37.4 Å². The van der Waals surface area contributed by atoms with E-state index in [9.17, 15) is 5.11 Å². The second kappa shape index (κ2) is 5.47. The quantitative estimate of drug-likeness (QED) is 0.826. The SMILES string of the molecule is CCNC(C)c1ccc(N2CCC(O)C2)cn1. The van der Waals surface area contributed by atoms with Gasteiger partial charge in [0, 0.05) is 19.1 Å². The monoisotopic (exact) mass is 235 g/mol. The van der Waals surface area contributed by atoms with Crippen molar-refractivity contribution in [2.75, 3.05) is 24.5 Å². The number of aromatic nitrogens is 1. The molecule has 1 fully saturated rings. The molecule has 2 rings (SSSR count). The summed E-state index contributed by atoms with van der Waals surface area (Å²) in [5, 5.41) is 12.8. The van der Waals surface area contributed by atoms with E-state index in [1.807, 2.05) is 6.20 Å². The third-order valence-corrected chi connectivity index (χ3v) is 3.25. The fourth-order valence-electron chi connectivity index (χ4n) is 2.23. The fourth-order valence-corrected chi connectivity index (χ4v) is 2.23. The van der Waals surface area contributed by atoms with Crippen LogP contribution in [0.4, 0.5) is 5.69 Å². The minimum Gasteiger partial charge on any atom is -0.391 e. The van der Waals surface area contributed by atoms with E-state index in [1.54, 1.807) is 0 Å². The molecule has 2 N–H and O–H groups in total. The van der Waals surface area contributed by atoms with Gasteiger partial charge in [-0.3, -0.25) is 4.98 Å². The Morgan fingerprint density at radius 3 is 2.94 bits per heavy atom. The Bertz CT molecular complexity index is 352. The van der Waals surface area contributed by atoms with Gasteiger partial charge < -0.3 is 15.3 Å². The summed E-state index contributed by atoms with van der Waals surface area (Å²) in [4.78, 5) is 6.66. The van der Waals surface area contributed by atoms with Gasteiger partial charge in [-0.1, -0.05) is 6.92 Å². The molecule has 1 aliphatic heterocycles. The second-order valence-corrected chi connectivity index (χ2v) is 4.61. The lowest BCUT2D eigenvalue weighted by Crippen LogP contribution is -2.22. The highest BCUT2D eigenvalue weighted by atomic mass is 16.3. The van der Waals surface area contributed by atoms with Crippen LogP contribution in [0.5, 0.6) is 0 Å². The summed E-state index contributed by atoms with van der Waals surface area (Å²) in [6.45, 7) is 6.80. The van der Waals surface area contributed by atoms with Crippen molar-refractivity contribution in [2.24, 2.45) is 0 Å². The number of aliphatic hydroxyl groups excluding tert-OH is 1. The van der Waals surface area contributed by atoms with Gasteiger partial charge in [0.2, 0.25) is 0 Å². The summed E-state index contributed by atoms with van der Waals surface area (Å²) in [5.74, 6) is 0. The third kappa shape index (κ3) is 2.96. The van der Waals surface area contributed by atoms with Crippen LogP contribution in [0.1, 0.15) is 32.0 Å². The molecule has 0 amide bonds. The number of rotatable bonds is 4. The van der Waals surface area contributed by atoms with Crippen LogP contribution in [0.15, 0.2) is 18.3 Å². The van der Waals surface area contributed by atoms with Crippen LogP contribution in [0.25, 0.3) is 0 Å². The summed E-state index contributed by atoms with van der Waals surface area (Å²) in [6, 6.07) is 4.44. The first-order chi connectivity index (χ1) is 8.20. The number of hydrogen-bond acceptors (Lipinski definition) is 4. The van der Waals surface area contributed by atoms with E-state index < -0.39 is 0 Å². The Hall–Kier alpha value is -1.13. The van der Waals surface area contributed by atoms with E-state index in [4.69, 9.17) is 0 Å². The largest absolute Gasteiger partial charge is 0.391 e. The van der Waals surface area contributed by atoms with E-state index in [0.29, 0.717) is 6.04 Å². The van der Waals surface area contributed by atoms with Crippen LogP contribution >= 0.6 is 0 Å². The zero-order valence-electron chi connectivity index (χ0n) is 10.6. The van der Waals surface area contributed by atoms with Crippen LogP contribution in [-0.4, -0.2) is 35.8 Å². The van der Waals surface area contributed by atoms with Crippen molar-refractivity contribution in [2.45, 2.75) is 32.4 Å². The molecule has 1 aromatic rings. The first kappa shape index (κ1) is 12.3. The van der Waals surface area contributed by atoms with Crippen molar-refractivity contribution >= 4 is 5.69 Å². The van der Waals surface area contributed by atoms with E-state index in [-0.39, 0.29) is 6.10 Å². The Balaban J connectivity index is 2.02. The Labute approximate surface area is 103 Å². The minimum absolute atomic E-state index is 0.185. The van der Waals surface area contributed by atoms with Crippen molar-refractivity contribution < 1.29 is 5.11 Å². The number of nitrogens with zero attached hydrogens (tertiary/aromatic N) is 2. The number of aliphatic hydroxyl groups is 1. The molecular formula is C13H21N3O. The lowest BCUT2D eigenvalue weighted by molar-refractivity contribution is 0.198. The molecule has 0 spiro atoms. The van der Waals surface area contributed by atoms with E-state index in [1.165, 1.54) is 0 Å². The van der Waals surface area contributed by atoms with Gasteiger partial charge in [0.05, 0.1) is 23.7 Å². The standard InChI is InChI=1S/C13H21N3O/c1-3-14-10(2)13-5-4-11(8-15-13)16-7-6-12(17)9-16/h4-5,8,10,12,14,17H,3,6-7,9H2,1-2H3. The van der Waals surface area contributed by atoms with Crippen molar-refractivity contribution in [3.63, 3.8) is 0 Å². The fraction of sp³-hybridized carbons (Fsp3) is 0.615. The molecule has 1 aliphatic rings. The molecule has 94 valence electrons. The maximum Gasteiger partial charge on any atom is 0.0731 e. The number of pyridine rings is 1. The van der Waals surface area contributed by atoms with Crippen LogP contribution in [0.2, 0.25) is 0 Å². The summed E-state index contributed by atoms with van der Waals surface area (Å²) < 4.78 is 0. The number of anilines is 1. The summed E-state index contributed by atoms with van der Waals surface area (Å²) in [5.41, 5.74) is 2.17. The van der Waals surface area contributed by atoms with E-state index >= 15 is 0 Å². The van der Waals surface area contributed by atoms with Crippen molar-refractivity contribution in [3.8, 4) is 0 Å². The first-order valence-electron chi connectivity index (χ1n) is 6.33. The summed E-state index contributed by atoms with van der Waals surface area (Å²) >= 11 is 0. The van der Waals surface area contributed by atoms with Gasteiger partial charge in [-0.15, -0.1) is 0 Å². The maximum atomic E-state index is 9.50. The topological polar surface area (TPSA) is 48.4 Å². The Kier molecular flexibility index (Phi) is 3.97. The van der Waals surface area contributed by atoms with Crippen LogP contribution < -0.4 is 10.2 Å².